The molecule has 1 aromatic heterocycles. The monoisotopic (exact) mass is 253 g/mol. The lowest BCUT2D eigenvalue weighted by Gasteiger charge is -2.13. The Kier molecular flexibility index (Phi) is 5.31. The minimum atomic E-state index is -0.500. The van der Waals surface area contributed by atoms with Gasteiger partial charge in [0, 0.05) is 39.0 Å². The summed E-state index contributed by atoms with van der Waals surface area (Å²) in [5.74, 6) is -0.348. The fourth-order valence-electron chi connectivity index (χ4n) is 1.44. The van der Waals surface area contributed by atoms with Gasteiger partial charge in [0.2, 0.25) is 5.91 Å². The van der Waals surface area contributed by atoms with Gasteiger partial charge in [0.15, 0.2) is 0 Å². The van der Waals surface area contributed by atoms with E-state index in [0.717, 1.165) is 12.1 Å². The first-order valence-electron chi connectivity index (χ1n) is 5.77. The molecule has 0 aliphatic heterocycles. The zero-order valence-corrected chi connectivity index (χ0v) is 10.9. The molecule has 0 bridgehead atoms. The van der Waals surface area contributed by atoms with Crippen LogP contribution in [0.15, 0.2) is 12.3 Å². The maximum Gasteiger partial charge on any atom is 0.321 e. The lowest BCUT2D eigenvalue weighted by atomic mass is 10.2. The summed E-state index contributed by atoms with van der Waals surface area (Å²) in [6.07, 6.45) is 2.51. The molecule has 100 valence electrons. The first kappa shape index (κ1) is 14.2. The van der Waals surface area contributed by atoms with Gasteiger partial charge in [-0.3, -0.25) is 14.8 Å². The van der Waals surface area contributed by atoms with Gasteiger partial charge in [-0.1, -0.05) is 0 Å². The Hall–Kier alpha value is -1.89. The van der Waals surface area contributed by atoms with E-state index in [9.17, 15) is 9.59 Å². The minimum Gasteiger partial charge on any atom is -0.341 e. The minimum absolute atomic E-state index is 0.348. The Morgan fingerprint density at radius 3 is 2.78 bits per heavy atom. The van der Waals surface area contributed by atoms with Crippen molar-refractivity contribution in [3.8, 4) is 0 Å². The van der Waals surface area contributed by atoms with Crippen LogP contribution < -0.4 is 16.0 Å². The summed E-state index contributed by atoms with van der Waals surface area (Å²) in [6, 6.07) is 1.01. The van der Waals surface area contributed by atoms with Gasteiger partial charge in [0.05, 0.1) is 6.04 Å². The quantitative estimate of drug-likeness (QED) is 0.653. The summed E-state index contributed by atoms with van der Waals surface area (Å²) in [5, 5.41) is 11.6. The van der Waals surface area contributed by atoms with Gasteiger partial charge >= 0.3 is 6.03 Å². The van der Waals surface area contributed by atoms with Crippen molar-refractivity contribution in [2.45, 2.75) is 19.4 Å². The number of carbonyl (C=O) groups excluding carboxylic acids is 2. The molecule has 3 amide bonds. The number of imide groups is 1. The number of aromatic nitrogens is 2. The van der Waals surface area contributed by atoms with Crippen molar-refractivity contribution in [1.29, 1.82) is 0 Å². The first-order chi connectivity index (χ1) is 8.54. The third-order valence-electron chi connectivity index (χ3n) is 2.61. The summed E-state index contributed by atoms with van der Waals surface area (Å²) in [4.78, 5) is 22.5. The fourth-order valence-corrected chi connectivity index (χ4v) is 1.44. The van der Waals surface area contributed by atoms with Crippen LogP contribution in [0.3, 0.4) is 0 Å². The smallest absolute Gasteiger partial charge is 0.321 e. The average Bonchev–Trinajstić information content (AvgIpc) is 2.74. The number of hydrogen-bond acceptors (Lipinski definition) is 4. The van der Waals surface area contributed by atoms with Crippen molar-refractivity contribution in [2.24, 2.45) is 7.05 Å². The van der Waals surface area contributed by atoms with Crippen LogP contribution in [0.1, 0.15) is 12.6 Å². The summed E-state index contributed by atoms with van der Waals surface area (Å²) < 4.78 is 1.79. The zero-order chi connectivity index (χ0) is 13.5. The summed E-state index contributed by atoms with van der Waals surface area (Å²) in [7, 11) is 3.33. The predicted octanol–water partition coefficient (Wildman–Crippen LogP) is -0.604. The second-order valence-electron chi connectivity index (χ2n) is 3.94. The van der Waals surface area contributed by atoms with Crippen molar-refractivity contribution < 1.29 is 9.59 Å². The van der Waals surface area contributed by atoms with E-state index in [1.807, 2.05) is 13.1 Å². The average molecular weight is 253 g/mol. The molecule has 1 heterocycles. The Bertz CT molecular complexity index is 415. The van der Waals surface area contributed by atoms with E-state index in [0.29, 0.717) is 6.54 Å². The van der Waals surface area contributed by atoms with Gasteiger partial charge in [0.1, 0.15) is 0 Å². The van der Waals surface area contributed by atoms with E-state index >= 15 is 0 Å². The van der Waals surface area contributed by atoms with Gasteiger partial charge in [-0.25, -0.2) is 4.79 Å². The maximum absolute atomic E-state index is 11.5. The standard InChI is InChI=1S/C11H19N5O2/c1-8(10(17)15-11(18)12-2)13-6-4-9-5-7-14-16(9)3/h5,7-8,13H,4,6H2,1-3H3,(H2,12,15,17,18). The molecule has 1 unspecified atom stereocenters. The summed E-state index contributed by atoms with van der Waals surface area (Å²) >= 11 is 0. The topological polar surface area (TPSA) is 88.1 Å². The van der Waals surface area contributed by atoms with Crippen molar-refractivity contribution >= 4 is 11.9 Å². The second kappa shape index (κ2) is 6.75. The van der Waals surface area contributed by atoms with Crippen molar-refractivity contribution in [1.82, 2.24) is 25.7 Å². The van der Waals surface area contributed by atoms with Crippen molar-refractivity contribution in [2.75, 3.05) is 13.6 Å². The van der Waals surface area contributed by atoms with Crippen LogP contribution in [0.25, 0.3) is 0 Å². The molecule has 3 N–H and O–H groups in total. The van der Waals surface area contributed by atoms with E-state index < -0.39 is 12.1 Å². The van der Waals surface area contributed by atoms with Crippen molar-refractivity contribution in [3.05, 3.63) is 18.0 Å². The van der Waals surface area contributed by atoms with E-state index in [4.69, 9.17) is 0 Å². The van der Waals surface area contributed by atoms with Crippen LogP contribution >= 0.6 is 0 Å². The SMILES string of the molecule is CNC(=O)NC(=O)C(C)NCCc1ccnn1C. The number of rotatable bonds is 5. The molecule has 0 fully saturated rings. The molecule has 1 atom stereocenters. The number of urea groups is 1. The molecule has 18 heavy (non-hydrogen) atoms. The van der Waals surface area contributed by atoms with E-state index in [-0.39, 0.29) is 5.91 Å². The number of nitrogens with zero attached hydrogens (tertiary/aromatic N) is 2. The molecule has 0 aliphatic carbocycles. The van der Waals surface area contributed by atoms with Gasteiger partial charge in [-0.05, 0) is 13.0 Å². The van der Waals surface area contributed by atoms with Gasteiger partial charge in [-0.15, -0.1) is 0 Å². The summed E-state index contributed by atoms with van der Waals surface area (Å²) in [5.41, 5.74) is 1.08. The van der Waals surface area contributed by atoms with Gasteiger partial charge in [-0.2, -0.15) is 5.10 Å². The number of hydrogen-bond donors (Lipinski definition) is 3. The molecule has 0 radical (unpaired) electrons. The van der Waals surface area contributed by atoms with Crippen LogP contribution in [0, 0.1) is 0 Å². The molecule has 0 spiro atoms. The van der Waals surface area contributed by atoms with Crippen LogP contribution in [0.5, 0.6) is 0 Å². The third kappa shape index (κ3) is 4.17. The number of carbonyl (C=O) groups is 2. The highest BCUT2D eigenvalue weighted by Crippen LogP contribution is 1.96. The molecule has 0 saturated carbocycles. The number of aryl methyl sites for hydroxylation is 1. The third-order valence-corrected chi connectivity index (χ3v) is 2.61. The Balaban J connectivity index is 2.28. The molecule has 0 saturated heterocycles. The molecule has 1 rings (SSSR count). The highest BCUT2D eigenvalue weighted by Gasteiger charge is 2.14. The van der Waals surface area contributed by atoms with Crippen LogP contribution in [-0.2, 0) is 18.3 Å². The fraction of sp³-hybridized carbons (Fsp3) is 0.545. The number of nitrogens with one attached hydrogen (secondary N) is 3. The largest absolute Gasteiger partial charge is 0.341 e. The highest BCUT2D eigenvalue weighted by atomic mass is 16.2. The molecular weight excluding hydrogens is 234 g/mol. The summed E-state index contributed by atoms with van der Waals surface area (Å²) in [6.45, 7) is 2.35. The normalized spacial score (nSPS) is 11.9. The molecule has 1 aromatic rings. The molecule has 0 aromatic carbocycles. The first-order valence-corrected chi connectivity index (χ1v) is 5.77. The van der Waals surface area contributed by atoms with E-state index in [1.165, 1.54) is 7.05 Å². The maximum atomic E-state index is 11.5. The van der Waals surface area contributed by atoms with E-state index in [1.54, 1.807) is 17.8 Å². The zero-order valence-electron chi connectivity index (χ0n) is 10.9. The highest BCUT2D eigenvalue weighted by molar-refractivity contribution is 5.96. The second-order valence-corrected chi connectivity index (χ2v) is 3.94. The molecule has 7 nitrogen and oxygen atoms in total. The lowest BCUT2D eigenvalue weighted by molar-refractivity contribution is -0.121. The Labute approximate surface area is 106 Å². The molecular formula is C11H19N5O2. The van der Waals surface area contributed by atoms with Crippen molar-refractivity contribution in [3.63, 3.8) is 0 Å². The van der Waals surface area contributed by atoms with Crippen LogP contribution in [-0.4, -0.2) is 41.4 Å². The van der Waals surface area contributed by atoms with Gasteiger partial charge < -0.3 is 10.6 Å². The molecule has 0 aliphatic rings. The predicted molar refractivity (Wildman–Crippen MR) is 67.0 cm³/mol. The Morgan fingerprint density at radius 2 is 2.22 bits per heavy atom. The molecule has 7 heteroatoms. The van der Waals surface area contributed by atoms with Crippen LogP contribution in [0.2, 0.25) is 0 Å². The van der Waals surface area contributed by atoms with Crippen LogP contribution in [0.4, 0.5) is 4.79 Å². The number of amides is 3. The Morgan fingerprint density at radius 1 is 1.50 bits per heavy atom. The van der Waals surface area contributed by atoms with Gasteiger partial charge in [0.25, 0.3) is 0 Å². The van der Waals surface area contributed by atoms with E-state index in [2.05, 4.69) is 21.0 Å². The lowest BCUT2D eigenvalue weighted by Crippen LogP contribution is -2.47.